The molecule has 0 bridgehead atoms. The molecule has 0 atom stereocenters. The van der Waals surface area contributed by atoms with E-state index in [4.69, 9.17) is 4.74 Å². The lowest BCUT2D eigenvalue weighted by Crippen LogP contribution is -2.60. The van der Waals surface area contributed by atoms with Crippen LogP contribution in [0.25, 0.3) is 66.8 Å². The van der Waals surface area contributed by atoms with Gasteiger partial charge in [0.1, 0.15) is 11.5 Å². The zero-order valence-corrected chi connectivity index (χ0v) is 52.6. The lowest BCUT2D eigenvalue weighted by atomic mass is 9.34. The molecule has 2 aliphatic heterocycles. The summed E-state index contributed by atoms with van der Waals surface area (Å²) < 4.78 is 7.84. The number of hydrogen-bond acceptors (Lipinski definition) is 2. The first-order valence-corrected chi connectivity index (χ1v) is 31.5. The van der Waals surface area contributed by atoms with Crippen molar-refractivity contribution in [3.63, 3.8) is 0 Å². The summed E-state index contributed by atoms with van der Waals surface area (Å²) in [6, 6.07) is 88.5. The van der Waals surface area contributed by atoms with Crippen LogP contribution in [0.5, 0.6) is 11.5 Å². The molecule has 15 rings (SSSR count). The number of rotatable bonds is 6. The predicted molar refractivity (Wildman–Crippen MR) is 369 cm³/mol. The second kappa shape index (κ2) is 19.5. The number of benzene rings is 11. The van der Waals surface area contributed by atoms with Gasteiger partial charge in [-0.05, 0) is 179 Å². The third-order valence-electron chi connectivity index (χ3n) is 19.6. The van der Waals surface area contributed by atoms with Crippen molar-refractivity contribution < 1.29 is 4.74 Å². The standard InChI is InChI=1S/C84H76BNO/c1-80(2,3)58-40-55(41-59(47-58)81(4,5)6)54-38-39-73-75(44-54)86(51-68-62(52-26-15-13-16-27-52)33-25-34-63(68)53-28-17-14-18-29-53)76-45-57(56-42-60(82(7,8)9)48-61(43-56)83(10,11)12)46-78-79(76)85(73)74-49-67-66-32-21-24-37-71(66)84(72(67)50-77(74)87-78)69-35-22-19-30-64(69)65-31-20-23-36-70(65)84/h13-50H,51H2,1-12H3. The minimum atomic E-state index is -0.520. The fourth-order valence-electron chi connectivity index (χ4n) is 14.9. The molecule has 0 radical (unpaired) electrons. The van der Waals surface area contributed by atoms with Crippen LogP contribution >= 0.6 is 0 Å². The molecule has 0 N–H and O–H groups in total. The highest BCUT2D eigenvalue weighted by Gasteiger charge is 2.53. The van der Waals surface area contributed by atoms with Gasteiger partial charge in [-0.15, -0.1) is 0 Å². The zero-order chi connectivity index (χ0) is 60.1. The molecule has 3 heteroatoms. The highest BCUT2D eigenvalue weighted by molar-refractivity contribution is 6.99. The summed E-state index contributed by atoms with van der Waals surface area (Å²) in [4.78, 5) is 2.68. The second-order valence-electron chi connectivity index (χ2n) is 29.3. The van der Waals surface area contributed by atoms with E-state index in [0.717, 1.165) is 22.7 Å². The van der Waals surface area contributed by atoms with E-state index in [1.807, 2.05) is 0 Å². The van der Waals surface area contributed by atoms with Crippen LogP contribution in [0.3, 0.4) is 0 Å². The average molecular weight is 1130 g/mol. The SMILES string of the molecule is CC(C)(C)c1cc(-c2ccc3c(c2)N(Cc2c(-c4ccccc4)cccc2-c2ccccc2)c2cc(-c4cc(C(C)(C)C)cc(C(C)(C)C)c4)cc4c2B3c2cc3c(cc2O4)C2(c4ccccc4-c4ccccc42)c2ccccc2-3)cc(C(C)(C)C)c1. The van der Waals surface area contributed by atoms with Gasteiger partial charge in [-0.25, -0.2) is 0 Å². The lowest BCUT2D eigenvalue weighted by Gasteiger charge is -2.41. The van der Waals surface area contributed by atoms with E-state index in [1.54, 1.807) is 0 Å². The van der Waals surface area contributed by atoms with E-state index in [-0.39, 0.29) is 28.4 Å². The van der Waals surface area contributed by atoms with Crippen LogP contribution in [0.4, 0.5) is 11.4 Å². The lowest BCUT2D eigenvalue weighted by molar-refractivity contribution is 0.486. The van der Waals surface area contributed by atoms with E-state index < -0.39 is 5.41 Å². The Hall–Kier alpha value is -8.92. The van der Waals surface area contributed by atoms with Crippen LogP contribution in [0.15, 0.2) is 231 Å². The second-order valence-corrected chi connectivity index (χ2v) is 29.3. The first-order valence-electron chi connectivity index (χ1n) is 31.5. The van der Waals surface area contributed by atoms with Gasteiger partial charge in [-0.3, -0.25) is 0 Å². The van der Waals surface area contributed by atoms with Gasteiger partial charge in [0.05, 0.1) is 5.41 Å². The molecule has 2 aliphatic carbocycles. The number of ether oxygens (including phenoxy) is 1. The molecule has 2 heterocycles. The molecule has 4 aliphatic rings. The molecule has 11 aromatic carbocycles. The summed E-state index contributed by atoms with van der Waals surface area (Å²) >= 11 is 0. The van der Waals surface area contributed by atoms with Crippen molar-refractivity contribution in [3.05, 3.63) is 281 Å². The van der Waals surface area contributed by atoms with Gasteiger partial charge in [0, 0.05) is 17.9 Å². The first-order chi connectivity index (χ1) is 41.6. The predicted octanol–water partition coefficient (Wildman–Crippen LogP) is 20.2. The highest BCUT2D eigenvalue weighted by atomic mass is 16.5. The first kappa shape index (κ1) is 54.7. The summed E-state index contributed by atoms with van der Waals surface area (Å²) in [5, 5.41) is 0. The normalized spacial score (nSPS) is 14.2. The number of hydrogen-bond donors (Lipinski definition) is 0. The molecule has 426 valence electrons. The van der Waals surface area contributed by atoms with Crippen LogP contribution in [0, 0.1) is 0 Å². The Morgan fingerprint density at radius 1 is 0.322 bits per heavy atom. The Bertz CT molecular complexity index is 4440. The van der Waals surface area contributed by atoms with Crippen molar-refractivity contribution >= 4 is 34.5 Å². The van der Waals surface area contributed by atoms with E-state index >= 15 is 0 Å². The Kier molecular flexibility index (Phi) is 12.3. The van der Waals surface area contributed by atoms with E-state index in [9.17, 15) is 0 Å². The van der Waals surface area contributed by atoms with Crippen LogP contribution < -0.4 is 26.0 Å². The van der Waals surface area contributed by atoms with Crippen molar-refractivity contribution in [2.24, 2.45) is 0 Å². The Balaban J connectivity index is 1.05. The average Bonchev–Trinajstić information content (AvgIpc) is 1.56. The Labute approximate surface area is 516 Å². The summed E-state index contributed by atoms with van der Waals surface area (Å²) in [6.45, 7) is 28.6. The van der Waals surface area contributed by atoms with Crippen molar-refractivity contribution in [1.82, 2.24) is 0 Å². The molecule has 0 saturated carbocycles. The van der Waals surface area contributed by atoms with Gasteiger partial charge in [-0.2, -0.15) is 0 Å². The van der Waals surface area contributed by atoms with Gasteiger partial charge in [0.25, 0.3) is 6.71 Å². The van der Waals surface area contributed by atoms with Gasteiger partial charge in [0.2, 0.25) is 0 Å². The quantitative estimate of drug-likeness (QED) is 0.154. The molecule has 0 unspecified atom stereocenters. The van der Waals surface area contributed by atoms with Crippen molar-refractivity contribution in [2.75, 3.05) is 4.90 Å². The number of anilines is 2. The smallest absolute Gasteiger partial charge is 0.256 e. The fourth-order valence-corrected chi connectivity index (χ4v) is 14.9. The van der Waals surface area contributed by atoms with Crippen LogP contribution in [0.1, 0.15) is 133 Å². The van der Waals surface area contributed by atoms with Gasteiger partial charge in [-0.1, -0.05) is 289 Å². The van der Waals surface area contributed by atoms with Gasteiger partial charge >= 0.3 is 0 Å². The van der Waals surface area contributed by atoms with Crippen LogP contribution in [-0.2, 0) is 33.6 Å². The number of fused-ring (bicyclic) bond motifs is 14. The molecule has 0 fully saturated rings. The summed E-state index contributed by atoms with van der Waals surface area (Å²) in [6.07, 6.45) is 0. The summed E-state index contributed by atoms with van der Waals surface area (Å²) in [5.74, 6) is 1.82. The highest BCUT2D eigenvalue weighted by Crippen LogP contribution is 2.63. The maximum Gasteiger partial charge on any atom is 0.256 e. The fraction of sp³-hybridized carbons (Fsp3) is 0.214. The molecule has 2 nitrogen and oxygen atoms in total. The molecular formula is C84H76BNO. The van der Waals surface area contributed by atoms with Crippen molar-refractivity contribution in [1.29, 1.82) is 0 Å². The Morgan fingerprint density at radius 2 is 0.747 bits per heavy atom. The van der Waals surface area contributed by atoms with Crippen LogP contribution in [-0.4, -0.2) is 6.71 Å². The van der Waals surface area contributed by atoms with Gasteiger partial charge in [0.15, 0.2) is 0 Å². The van der Waals surface area contributed by atoms with Crippen molar-refractivity contribution in [3.8, 4) is 78.3 Å². The van der Waals surface area contributed by atoms with Crippen LogP contribution in [0.2, 0.25) is 0 Å². The third kappa shape index (κ3) is 8.73. The third-order valence-corrected chi connectivity index (χ3v) is 19.6. The summed E-state index contributed by atoms with van der Waals surface area (Å²) in [7, 11) is 0. The zero-order valence-electron chi connectivity index (χ0n) is 52.6. The largest absolute Gasteiger partial charge is 0.458 e. The van der Waals surface area contributed by atoms with E-state index in [1.165, 1.54) is 133 Å². The van der Waals surface area contributed by atoms with Gasteiger partial charge < -0.3 is 9.64 Å². The molecule has 0 amide bonds. The maximum atomic E-state index is 7.84. The molecular weight excluding hydrogens is 1050 g/mol. The van der Waals surface area contributed by atoms with E-state index in [0.29, 0.717) is 6.54 Å². The molecule has 87 heavy (non-hydrogen) atoms. The minimum absolute atomic E-state index is 0.0555. The summed E-state index contributed by atoms with van der Waals surface area (Å²) in [5.41, 5.74) is 31.9. The topological polar surface area (TPSA) is 12.5 Å². The molecule has 1 spiro atoms. The Morgan fingerprint density at radius 3 is 1.24 bits per heavy atom. The maximum absolute atomic E-state index is 7.84. The minimum Gasteiger partial charge on any atom is -0.458 e. The molecule has 0 saturated heterocycles. The van der Waals surface area contributed by atoms with E-state index in [2.05, 4.69) is 319 Å². The monoisotopic (exact) mass is 1130 g/mol. The molecule has 0 aromatic heterocycles. The molecule has 11 aromatic rings. The van der Waals surface area contributed by atoms with Crippen molar-refractivity contribution in [2.45, 2.75) is 117 Å². The number of nitrogens with zero attached hydrogens (tertiary/aromatic N) is 1.